The maximum absolute atomic E-state index is 12.1. The molecule has 0 heterocycles. The zero-order valence-corrected chi connectivity index (χ0v) is 19.0. The van der Waals surface area contributed by atoms with Crippen LogP contribution in [0.15, 0.2) is 65.8 Å². The Balaban J connectivity index is 1.57. The van der Waals surface area contributed by atoms with Gasteiger partial charge in [-0.05, 0) is 54.8 Å². The van der Waals surface area contributed by atoms with E-state index in [9.17, 15) is 9.59 Å². The molecule has 0 atom stereocenters. The van der Waals surface area contributed by atoms with Crippen molar-refractivity contribution in [2.45, 2.75) is 20.5 Å². The second kappa shape index (κ2) is 10.8. The Morgan fingerprint density at radius 2 is 1.56 bits per heavy atom. The van der Waals surface area contributed by atoms with Crippen LogP contribution in [0.1, 0.15) is 22.3 Å². The molecule has 0 radical (unpaired) electrons. The first kappa shape index (κ1) is 23.3. The largest absolute Gasteiger partial charge is 0.489 e. The number of aryl methyl sites for hydroxylation is 2. The molecule has 3 rings (SSSR count). The Labute approximate surface area is 196 Å². The lowest BCUT2D eigenvalue weighted by Crippen LogP contribution is -2.32. The topological polar surface area (TPSA) is 79.8 Å². The zero-order chi connectivity index (χ0) is 23.1. The summed E-state index contributed by atoms with van der Waals surface area (Å²) < 4.78 is 5.77. The van der Waals surface area contributed by atoms with Crippen molar-refractivity contribution >= 4 is 46.9 Å². The molecule has 2 N–H and O–H groups in total. The summed E-state index contributed by atoms with van der Waals surface area (Å²) in [5.41, 5.74) is 5.93. The highest BCUT2D eigenvalue weighted by atomic mass is 35.5. The molecule has 6 nitrogen and oxygen atoms in total. The van der Waals surface area contributed by atoms with E-state index in [0.29, 0.717) is 32.6 Å². The van der Waals surface area contributed by atoms with Crippen molar-refractivity contribution in [1.82, 2.24) is 5.43 Å². The molecule has 32 heavy (non-hydrogen) atoms. The van der Waals surface area contributed by atoms with Crippen LogP contribution in [-0.2, 0) is 16.2 Å². The van der Waals surface area contributed by atoms with Crippen molar-refractivity contribution in [1.29, 1.82) is 0 Å². The highest BCUT2D eigenvalue weighted by Gasteiger charge is 2.15. The molecule has 2 amide bonds. The van der Waals surface area contributed by atoms with Crippen LogP contribution in [0.4, 0.5) is 5.69 Å². The van der Waals surface area contributed by atoms with Gasteiger partial charge in [0.25, 0.3) is 0 Å². The quantitative estimate of drug-likeness (QED) is 0.292. The molecule has 0 aromatic heterocycles. The number of anilines is 1. The maximum atomic E-state index is 12.1. The van der Waals surface area contributed by atoms with Gasteiger partial charge in [0.1, 0.15) is 12.4 Å². The first-order valence-corrected chi connectivity index (χ1v) is 10.5. The summed E-state index contributed by atoms with van der Waals surface area (Å²) in [5, 5.41) is 7.51. The average Bonchev–Trinajstić information content (AvgIpc) is 2.76. The fourth-order valence-corrected chi connectivity index (χ4v) is 3.42. The van der Waals surface area contributed by atoms with E-state index in [-0.39, 0.29) is 6.61 Å². The number of halogens is 2. The summed E-state index contributed by atoms with van der Waals surface area (Å²) in [7, 11) is 0. The number of carbonyl (C=O) groups excluding carboxylic acids is 2. The number of nitrogens with one attached hydrogen (secondary N) is 2. The van der Waals surface area contributed by atoms with Gasteiger partial charge in [0.05, 0.1) is 6.21 Å². The van der Waals surface area contributed by atoms with Gasteiger partial charge in [0, 0.05) is 21.3 Å². The zero-order valence-electron chi connectivity index (χ0n) is 17.5. The monoisotopic (exact) mass is 469 g/mol. The van der Waals surface area contributed by atoms with Gasteiger partial charge in [-0.1, -0.05) is 59.6 Å². The maximum Gasteiger partial charge on any atom is 0.329 e. The number of hydrogen-bond acceptors (Lipinski definition) is 4. The fourth-order valence-electron chi connectivity index (χ4n) is 2.91. The fraction of sp³-hybridized carbons (Fsp3) is 0.125. The van der Waals surface area contributed by atoms with E-state index in [1.165, 1.54) is 6.21 Å². The van der Waals surface area contributed by atoms with Crippen molar-refractivity contribution in [3.8, 4) is 5.75 Å². The smallest absolute Gasteiger partial charge is 0.329 e. The van der Waals surface area contributed by atoms with Gasteiger partial charge in [-0.2, -0.15) is 5.10 Å². The Morgan fingerprint density at radius 1 is 0.938 bits per heavy atom. The van der Waals surface area contributed by atoms with Gasteiger partial charge in [0.15, 0.2) is 0 Å². The first-order valence-electron chi connectivity index (χ1n) is 9.71. The SMILES string of the molecule is Cc1cccc(C)c1NC(=O)C(=O)N/N=C\c1cccc(OCc2c(Cl)cccc2Cl)c1. The molecule has 0 spiro atoms. The number of carbonyl (C=O) groups is 2. The number of para-hydroxylation sites is 1. The molecule has 8 heteroatoms. The van der Waals surface area contributed by atoms with Crippen molar-refractivity contribution in [3.05, 3.63) is 93.0 Å². The summed E-state index contributed by atoms with van der Waals surface area (Å²) in [6, 6.07) is 17.9. The minimum Gasteiger partial charge on any atom is -0.489 e. The summed E-state index contributed by atoms with van der Waals surface area (Å²) in [6.45, 7) is 3.91. The first-order chi connectivity index (χ1) is 15.3. The number of benzene rings is 3. The van der Waals surface area contributed by atoms with Crippen LogP contribution in [0.25, 0.3) is 0 Å². The van der Waals surface area contributed by atoms with E-state index in [4.69, 9.17) is 27.9 Å². The Hall–Kier alpha value is -3.35. The van der Waals surface area contributed by atoms with Crippen molar-refractivity contribution in [3.63, 3.8) is 0 Å². The summed E-state index contributed by atoms with van der Waals surface area (Å²) in [4.78, 5) is 24.2. The highest BCUT2D eigenvalue weighted by Crippen LogP contribution is 2.26. The van der Waals surface area contributed by atoms with Crippen molar-refractivity contribution in [2.75, 3.05) is 5.32 Å². The lowest BCUT2D eigenvalue weighted by atomic mass is 10.1. The van der Waals surface area contributed by atoms with E-state index in [0.717, 1.165) is 11.1 Å². The average molecular weight is 470 g/mol. The minimum absolute atomic E-state index is 0.203. The number of ether oxygens (including phenoxy) is 1. The van der Waals surface area contributed by atoms with E-state index < -0.39 is 11.8 Å². The van der Waals surface area contributed by atoms with Crippen LogP contribution in [-0.4, -0.2) is 18.0 Å². The third kappa shape index (κ3) is 6.09. The molecule has 0 aliphatic carbocycles. The Morgan fingerprint density at radius 3 is 2.25 bits per heavy atom. The molecule has 0 aliphatic rings. The molecular formula is C24H21Cl2N3O3. The molecule has 3 aromatic carbocycles. The van der Waals surface area contributed by atoms with Crippen LogP contribution < -0.4 is 15.5 Å². The van der Waals surface area contributed by atoms with Gasteiger partial charge < -0.3 is 10.1 Å². The van der Waals surface area contributed by atoms with E-state index in [2.05, 4.69) is 15.8 Å². The normalized spacial score (nSPS) is 10.8. The van der Waals surface area contributed by atoms with Gasteiger partial charge in [-0.3, -0.25) is 9.59 Å². The molecule has 0 saturated carbocycles. The molecule has 0 bridgehead atoms. The second-order valence-electron chi connectivity index (χ2n) is 6.98. The number of nitrogens with zero attached hydrogens (tertiary/aromatic N) is 1. The number of amides is 2. The third-order valence-corrected chi connectivity index (χ3v) is 5.32. The number of hydrazone groups is 1. The van der Waals surface area contributed by atoms with Crippen LogP contribution >= 0.6 is 23.2 Å². The van der Waals surface area contributed by atoms with Gasteiger partial charge in [-0.25, -0.2) is 5.43 Å². The van der Waals surface area contributed by atoms with Gasteiger partial charge >= 0.3 is 11.8 Å². The summed E-state index contributed by atoms with van der Waals surface area (Å²) in [5.74, 6) is -1.10. The van der Waals surface area contributed by atoms with Crippen LogP contribution in [0.3, 0.4) is 0 Å². The predicted molar refractivity (Wildman–Crippen MR) is 128 cm³/mol. The Bertz CT molecular complexity index is 1140. The third-order valence-electron chi connectivity index (χ3n) is 4.61. The number of rotatable bonds is 6. The summed E-state index contributed by atoms with van der Waals surface area (Å²) >= 11 is 12.3. The molecule has 164 valence electrons. The van der Waals surface area contributed by atoms with Crippen LogP contribution in [0, 0.1) is 13.8 Å². The van der Waals surface area contributed by atoms with Crippen molar-refractivity contribution in [2.24, 2.45) is 5.10 Å². The molecular weight excluding hydrogens is 449 g/mol. The molecule has 0 saturated heterocycles. The Kier molecular flexibility index (Phi) is 7.87. The lowest BCUT2D eigenvalue weighted by Gasteiger charge is -2.10. The van der Waals surface area contributed by atoms with E-state index in [1.54, 1.807) is 42.5 Å². The molecule has 3 aromatic rings. The standard InChI is InChI=1S/C24H21Cl2N3O3/c1-15-6-3-7-16(2)22(15)28-23(30)24(31)29-27-13-17-8-4-9-18(12-17)32-14-19-20(25)10-5-11-21(19)26/h3-13H,14H2,1-2H3,(H,28,30)(H,29,31)/b27-13-. The van der Waals surface area contributed by atoms with Gasteiger partial charge in [-0.15, -0.1) is 0 Å². The predicted octanol–water partition coefficient (Wildman–Crippen LogP) is 5.28. The van der Waals surface area contributed by atoms with Gasteiger partial charge in [0.2, 0.25) is 0 Å². The van der Waals surface area contributed by atoms with E-state index in [1.807, 2.05) is 32.0 Å². The lowest BCUT2D eigenvalue weighted by molar-refractivity contribution is -0.136. The molecule has 0 aliphatic heterocycles. The highest BCUT2D eigenvalue weighted by molar-refractivity contribution is 6.39. The number of hydrogen-bond donors (Lipinski definition) is 2. The van der Waals surface area contributed by atoms with E-state index >= 15 is 0 Å². The summed E-state index contributed by atoms with van der Waals surface area (Å²) in [6.07, 6.45) is 1.42. The van der Waals surface area contributed by atoms with Crippen molar-refractivity contribution < 1.29 is 14.3 Å². The van der Waals surface area contributed by atoms with Crippen LogP contribution in [0.5, 0.6) is 5.75 Å². The van der Waals surface area contributed by atoms with Crippen LogP contribution in [0.2, 0.25) is 10.0 Å². The molecule has 0 unspecified atom stereocenters. The second-order valence-corrected chi connectivity index (χ2v) is 7.80. The minimum atomic E-state index is -0.871. The molecule has 0 fully saturated rings.